The summed E-state index contributed by atoms with van der Waals surface area (Å²) in [5.41, 5.74) is 0.658. The molecule has 7 nitrogen and oxygen atoms in total. The van der Waals surface area contributed by atoms with Crippen molar-refractivity contribution in [3.8, 4) is 0 Å². The number of rotatable bonds is 6. The number of hydrogen-bond donors (Lipinski definition) is 1. The van der Waals surface area contributed by atoms with Crippen molar-refractivity contribution in [3.05, 3.63) is 77.4 Å². The van der Waals surface area contributed by atoms with Crippen molar-refractivity contribution in [2.75, 3.05) is 14.2 Å². The summed E-state index contributed by atoms with van der Waals surface area (Å²) in [6, 6.07) is 16.3. The van der Waals surface area contributed by atoms with Crippen LogP contribution in [0.25, 0.3) is 10.8 Å². The summed E-state index contributed by atoms with van der Waals surface area (Å²) in [4.78, 5) is 23.7. The molecule has 0 saturated heterocycles. The van der Waals surface area contributed by atoms with Crippen LogP contribution in [0.15, 0.2) is 65.6 Å². The summed E-state index contributed by atoms with van der Waals surface area (Å²) in [5.74, 6) is -1.53. The summed E-state index contributed by atoms with van der Waals surface area (Å²) < 4.78 is 38.1. The fourth-order valence-electron chi connectivity index (χ4n) is 3.22. The first-order valence-electron chi connectivity index (χ1n) is 9.08. The van der Waals surface area contributed by atoms with Crippen molar-refractivity contribution < 1.29 is 27.5 Å². The highest BCUT2D eigenvalue weighted by Crippen LogP contribution is 2.26. The Labute approximate surface area is 174 Å². The molecular weight excluding hydrogens is 406 g/mol. The van der Waals surface area contributed by atoms with Crippen LogP contribution in [0.5, 0.6) is 0 Å². The van der Waals surface area contributed by atoms with Crippen molar-refractivity contribution in [2.45, 2.75) is 17.9 Å². The molecule has 0 bridgehead atoms. The molecule has 0 unspecified atom stereocenters. The Morgan fingerprint density at radius 1 is 0.867 bits per heavy atom. The molecule has 0 heterocycles. The van der Waals surface area contributed by atoms with Gasteiger partial charge in [0.15, 0.2) is 0 Å². The highest BCUT2D eigenvalue weighted by atomic mass is 32.2. The Kier molecular flexibility index (Phi) is 6.19. The first-order chi connectivity index (χ1) is 14.3. The minimum absolute atomic E-state index is 0.0708. The van der Waals surface area contributed by atoms with Gasteiger partial charge in [0.1, 0.15) is 0 Å². The molecule has 156 valence electrons. The van der Waals surface area contributed by atoms with E-state index < -0.39 is 28.0 Å². The molecule has 3 rings (SSSR count). The lowest BCUT2D eigenvalue weighted by atomic mass is 10.0. The van der Waals surface area contributed by atoms with Gasteiger partial charge in [-0.25, -0.2) is 22.7 Å². The molecule has 1 N–H and O–H groups in total. The zero-order valence-corrected chi connectivity index (χ0v) is 17.5. The smallest absolute Gasteiger partial charge is 0.337 e. The zero-order chi connectivity index (χ0) is 21.9. The van der Waals surface area contributed by atoms with Crippen LogP contribution in [-0.4, -0.2) is 34.6 Å². The summed E-state index contributed by atoms with van der Waals surface area (Å²) in [6.45, 7) is 1.73. The average Bonchev–Trinajstić information content (AvgIpc) is 2.76. The molecular formula is C22H21NO6S. The number of methoxy groups -OCH3 is 2. The highest BCUT2D eigenvalue weighted by molar-refractivity contribution is 7.89. The van der Waals surface area contributed by atoms with Gasteiger partial charge in [0.05, 0.1) is 30.2 Å². The molecule has 0 radical (unpaired) electrons. The monoisotopic (exact) mass is 427 g/mol. The second-order valence-electron chi connectivity index (χ2n) is 6.64. The first-order valence-corrected chi connectivity index (χ1v) is 10.6. The van der Waals surface area contributed by atoms with Crippen LogP contribution in [0.3, 0.4) is 0 Å². The van der Waals surface area contributed by atoms with Crippen LogP contribution < -0.4 is 4.72 Å². The molecule has 0 spiro atoms. The Morgan fingerprint density at radius 3 is 2.03 bits per heavy atom. The van der Waals surface area contributed by atoms with Crippen molar-refractivity contribution in [1.82, 2.24) is 4.72 Å². The van der Waals surface area contributed by atoms with Crippen molar-refractivity contribution >= 4 is 32.7 Å². The van der Waals surface area contributed by atoms with E-state index in [1.807, 2.05) is 42.5 Å². The van der Waals surface area contributed by atoms with E-state index >= 15 is 0 Å². The van der Waals surface area contributed by atoms with Gasteiger partial charge in [0, 0.05) is 6.04 Å². The Hall–Kier alpha value is -3.23. The summed E-state index contributed by atoms with van der Waals surface area (Å²) in [7, 11) is -1.73. The van der Waals surface area contributed by atoms with E-state index in [0.29, 0.717) is 0 Å². The van der Waals surface area contributed by atoms with E-state index in [1.165, 1.54) is 20.3 Å². The predicted molar refractivity (Wildman–Crippen MR) is 112 cm³/mol. The average molecular weight is 427 g/mol. The molecule has 0 fully saturated rings. The molecule has 0 aliphatic heterocycles. The quantitative estimate of drug-likeness (QED) is 0.605. The van der Waals surface area contributed by atoms with Crippen LogP contribution >= 0.6 is 0 Å². The number of carbonyl (C=O) groups is 2. The van der Waals surface area contributed by atoms with Crippen molar-refractivity contribution in [1.29, 1.82) is 0 Å². The standard InChI is InChI=1S/C22H21NO6S/c1-14(19-10-6-8-15-7-4-5-9-20(15)19)23-30(26,27)18-12-16(21(24)28-2)11-17(13-18)22(25)29-3/h4-14,23H,1-3H3/t14-/m1/s1. The van der Waals surface area contributed by atoms with E-state index in [1.54, 1.807) is 6.92 Å². The Balaban J connectivity index is 2.02. The van der Waals surface area contributed by atoms with Crippen LogP contribution in [0.4, 0.5) is 0 Å². The number of fused-ring (bicyclic) bond motifs is 1. The summed E-state index contributed by atoms with van der Waals surface area (Å²) in [5, 5.41) is 1.91. The van der Waals surface area contributed by atoms with Crippen LogP contribution in [-0.2, 0) is 19.5 Å². The first kappa shape index (κ1) is 21.5. The summed E-state index contributed by atoms with van der Waals surface area (Å²) >= 11 is 0. The molecule has 0 aliphatic carbocycles. The molecule has 0 aromatic heterocycles. The maximum absolute atomic E-state index is 13.1. The third-order valence-corrected chi connectivity index (χ3v) is 6.20. The molecule has 30 heavy (non-hydrogen) atoms. The Morgan fingerprint density at radius 2 is 1.43 bits per heavy atom. The van der Waals surface area contributed by atoms with Gasteiger partial charge in [-0.2, -0.15) is 0 Å². The molecule has 8 heteroatoms. The molecule has 3 aromatic rings. The fourth-order valence-corrected chi connectivity index (χ4v) is 4.51. The number of ether oxygens (including phenoxy) is 2. The Bertz CT molecular complexity index is 1180. The minimum atomic E-state index is -4.07. The predicted octanol–water partition coefficient (Wildman–Crippen LogP) is 3.45. The zero-order valence-electron chi connectivity index (χ0n) is 16.7. The van der Waals surface area contributed by atoms with Crippen LogP contribution in [0.2, 0.25) is 0 Å². The highest BCUT2D eigenvalue weighted by Gasteiger charge is 2.23. The van der Waals surface area contributed by atoms with E-state index in [2.05, 4.69) is 14.2 Å². The number of carbonyl (C=O) groups excluding carboxylic acids is 2. The lowest BCUT2D eigenvalue weighted by Gasteiger charge is -2.17. The van der Waals surface area contributed by atoms with Gasteiger partial charge in [-0.15, -0.1) is 0 Å². The SMILES string of the molecule is COC(=O)c1cc(C(=O)OC)cc(S(=O)(=O)N[C@H](C)c2cccc3ccccc23)c1. The van der Waals surface area contributed by atoms with Gasteiger partial charge >= 0.3 is 11.9 Å². The second-order valence-corrected chi connectivity index (χ2v) is 8.35. The van der Waals surface area contributed by atoms with Gasteiger partial charge in [-0.05, 0) is 41.5 Å². The lowest BCUT2D eigenvalue weighted by Crippen LogP contribution is -2.27. The van der Waals surface area contributed by atoms with Gasteiger partial charge in [-0.3, -0.25) is 0 Å². The van der Waals surface area contributed by atoms with Gasteiger partial charge < -0.3 is 9.47 Å². The molecule has 0 saturated carbocycles. The number of nitrogens with one attached hydrogen (secondary N) is 1. The third-order valence-electron chi connectivity index (χ3n) is 4.68. The largest absolute Gasteiger partial charge is 0.465 e. The number of hydrogen-bond acceptors (Lipinski definition) is 6. The fraction of sp³-hybridized carbons (Fsp3) is 0.182. The molecule has 1 atom stereocenters. The van der Waals surface area contributed by atoms with E-state index in [-0.39, 0.29) is 16.0 Å². The maximum atomic E-state index is 13.1. The van der Waals surface area contributed by atoms with Gasteiger partial charge in [0.2, 0.25) is 10.0 Å². The second kappa shape index (κ2) is 8.64. The number of benzene rings is 3. The minimum Gasteiger partial charge on any atom is -0.465 e. The van der Waals surface area contributed by atoms with Gasteiger partial charge in [0.25, 0.3) is 0 Å². The lowest BCUT2D eigenvalue weighted by molar-refractivity contribution is 0.0598. The summed E-state index contributed by atoms with van der Waals surface area (Å²) in [6.07, 6.45) is 0. The van der Waals surface area contributed by atoms with E-state index in [9.17, 15) is 18.0 Å². The van der Waals surface area contributed by atoms with Crippen LogP contribution in [0.1, 0.15) is 39.2 Å². The molecule has 0 aliphatic rings. The number of sulfonamides is 1. The van der Waals surface area contributed by atoms with E-state index in [0.717, 1.165) is 28.5 Å². The van der Waals surface area contributed by atoms with Crippen molar-refractivity contribution in [3.63, 3.8) is 0 Å². The topological polar surface area (TPSA) is 98.8 Å². The third kappa shape index (κ3) is 4.34. The van der Waals surface area contributed by atoms with Crippen LogP contribution in [0, 0.1) is 0 Å². The molecule has 0 amide bonds. The molecule has 3 aromatic carbocycles. The van der Waals surface area contributed by atoms with Crippen molar-refractivity contribution in [2.24, 2.45) is 0 Å². The van der Waals surface area contributed by atoms with Gasteiger partial charge in [-0.1, -0.05) is 42.5 Å². The number of esters is 2. The normalized spacial score (nSPS) is 12.4. The maximum Gasteiger partial charge on any atom is 0.337 e. The van der Waals surface area contributed by atoms with E-state index in [4.69, 9.17) is 0 Å².